The minimum atomic E-state index is -0.728. The Balaban J connectivity index is 0.00000110. The lowest BCUT2D eigenvalue weighted by Gasteiger charge is -2.35. The molecule has 1 saturated heterocycles. The molecule has 2 N–H and O–H groups in total. The van der Waals surface area contributed by atoms with Crippen molar-refractivity contribution in [2.24, 2.45) is 5.92 Å². The van der Waals surface area contributed by atoms with E-state index in [2.05, 4.69) is 10.2 Å². The molecule has 0 radical (unpaired) electrons. The predicted molar refractivity (Wildman–Crippen MR) is 82.4 cm³/mol. The normalized spacial score (nSPS) is 20.3. The number of nitrogens with zero attached hydrogens (tertiary/aromatic N) is 1. The Labute approximate surface area is 135 Å². The van der Waals surface area contributed by atoms with E-state index in [0.29, 0.717) is 5.92 Å². The first kappa shape index (κ1) is 18.4. The Bertz CT molecular complexity index is 457. The molecule has 21 heavy (non-hydrogen) atoms. The number of aromatic hydroxyl groups is 1. The molecule has 0 spiro atoms. The van der Waals surface area contributed by atoms with Crippen LogP contribution < -0.4 is 5.32 Å². The highest BCUT2D eigenvalue weighted by atomic mass is 35.5. The second-order valence-electron chi connectivity index (χ2n) is 5.39. The van der Waals surface area contributed by atoms with Gasteiger partial charge in [0.1, 0.15) is 17.4 Å². The number of phenolic OH excluding ortho intramolecular Hbond substituents is 1. The molecule has 2 aliphatic rings. The summed E-state index contributed by atoms with van der Waals surface area (Å²) in [6.07, 6.45) is 2.09. The van der Waals surface area contributed by atoms with Gasteiger partial charge in [-0.25, -0.2) is 8.78 Å². The summed E-state index contributed by atoms with van der Waals surface area (Å²) in [5.74, 6) is -1.24. The maximum atomic E-state index is 14.1. The van der Waals surface area contributed by atoms with Crippen LogP contribution in [0.4, 0.5) is 8.78 Å². The summed E-state index contributed by atoms with van der Waals surface area (Å²) in [6.45, 7) is 3.40. The number of nitrogens with one attached hydrogen (secondary N) is 1. The molecular formula is C14H20Cl2F2N2O. The SMILES string of the molecule is Cl.Cl.Oc1cc(F)cc(F)c1[C@H](C1CC1)N1CCNCC1. The maximum absolute atomic E-state index is 14.1. The van der Waals surface area contributed by atoms with Crippen LogP contribution in [0.25, 0.3) is 0 Å². The first-order valence-corrected chi connectivity index (χ1v) is 6.79. The van der Waals surface area contributed by atoms with E-state index in [-0.39, 0.29) is 42.2 Å². The largest absolute Gasteiger partial charge is 0.507 e. The van der Waals surface area contributed by atoms with Gasteiger partial charge in [0.15, 0.2) is 0 Å². The lowest BCUT2D eigenvalue weighted by Crippen LogP contribution is -2.45. The standard InChI is InChI=1S/C14H18F2N2O.2ClH/c15-10-7-11(16)13(12(19)8-10)14(9-1-2-9)18-5-3-17-4-6-18;;/h7-9,14,17,19H,1-6H2;2*1H/t14-;;/m0../s1. The lowest BCUT2D eigenvalue weighted by atomic mass is 9.98. The fourth-order valence-electron chi connectivity index (χ4n) is 2.95. The van der Waals surface area contributed by atoms with Crippen LogP contribution in [0.2, 0.25) is 0 Å². The Kier molecular flexibility index (Phi) is 6.66. The summed E-state index contributed by atoms with van der Waals surface area (Å²) in [4.78, 5) is 2.20. The quantitative estimate of drug-likeness (QED) is 0.888. The van der Waals surface area contributed by atoms with Crippen molar-refractivity contribution in [1.29, 1.82) is 0 Å². The number of rotatable bonds is 3. The molecule has 120 valence electrons. The van der Waals surface area contributed by atoms with Gasteiger partial charge in [0.25, 0.3) is 0 Å². The summed E-state index contributed by atoms with van der Waals surface area (Å²) in [5, 5.41) is 13.2. The van der Waals surface area contributed by atoms with Gasteiger partial charge >= 0.3 is 0 Å². The lowest BCUT2D eigenvalue weighted by molar-refractivity contribution is 0.150. The Hall–Kier alpha value is -0.620. The van der Waals surface area contributed by atoms with E-state index in [1.807, 2.05) is 0 Å². The van der Waals surface area contributed by atoms with E-state index in [9.17, 15) is 13.9 Å². The zero-order chi connectivity index (χ0) is 13.4. The van der Waals surface area contributed by atoms with Gasteiger partial charge in [0.2, 0.25) is 0 Å². The monoisotopic (exact) mass is 340 g/mol. The van der Waals surface area contributed by atoms with Crippen LogP contribution in [-0.4, -0.2) is 36.2 Å². The van der Waals surface area contributed by atoms with Gasteiger partial charge in [0, 0.05) is 49.9 Å². The fraction of sp³-hybridized carbons (Fsp3) is 0.571. The average Bonchev–Trinajstić information content (AvgIpc) is 3.18. The highest BCUT2D eigenvalue weighted by Crippen LogP contribution is 2.47. The number of phenols is 1. The summed E-state index contributed by atoms with van der Waals surface area (Å²) >= 11 is 0. The van der Waals surface area contributed by atoms with E-state index in [4.69, 9.17) is 0 Å². The van der Waals surface area contributed by atoms with Crippen LogP contribution in [0.3, 0.4) is 0 Å². The third kappa shape index (κ3) is 3.97. The zero-order valence-electron chi connectivity index (χ0n) is 11.5. The van der Waals surface area contributed by atoms with Gasteiger partial charge in [-0.1, -0.05) is 0 Å². The summed E-state index contributed by atoms with van der Waals surface area (Å²) in [6, 6.07) is 1.76. The molecule has 0 unspecified atom stereocenters. The fourth-order valence-corrected chi connectivity index (χ4v) is 2.95. The first-order valence-electron chi connectivity index (χ1n) is 6.79. The van der Waals surface area contributed by atoms with Crippen molar-refractivity contribution in [2.75, 3.05) is 26.2 Å². The second-order valence-corrected chi connectivity index (χ2v) is 5.39. The number of halogens is 4. The molecule has 3 nitrogen and oxygen atoms in total. The van der Waals surface area contributed by atoms with Crippen molar-refractivity contribution >= 4 is 24.8 Å². The molecule has 1 heterocycles. The zero-order valence-corrected chi connectivity index (χ0v) is 13.2. The first-order chi connectivity index (χ1) is 9.16. The molecule has 0 amide bonds. The molecule has 1 aliphatic heterocycles. The van der Waals surface area contributed by atoms with Gasteiger partial charge in [0.05, 0.1) is 0 Å². The van der Waals surface area contributed by atoms with E-state index >= 15 is 0 Å². The highest BCUT2D eigenvalue weighted by molar-refractivity contribution is 5.85. The predicted octanol–water partition coefficient (Wildman–Crippen LogP) is 2.87. The molecule has 1 atom stereocenters. The van der Waals surface area contributed by atoms with E-state index in [1.165, 1.54) is 0 Å². The third-order valence-corrected chi connectivity index (χ3v) is 3.98. The van der Waals surface area contributed by atoms with Gasteiger partial charge < -0.3 is 10.4 Å². The smallest absolute Gasteiger partial charge is 0.134 e. The van der Waals surface area contributed by atoms with Crippen molar-refractivity contribution in [3.8, 4) is 5.75 Å². The van der Waals surface area contributed by atoms with Gasteiger partial charge in [-0.05, 0) is 18.8 Å². The van der Waals surface area contributed by atoms with Crippen LogP contribution in [0.5, 0.6) is 5.75 Å². The Morgan fingerprint density at radius 1 is 1.14 bits per heavy atom. The van der Waals surface area contributed by atoms with Crippen LogP contribution in [0, 0.1) is 17.6 Å². The maximum Gasteiger partial charge on any atom is 0.134 e. The molecular weight excluding hydrogens is 321 g/mol. The topological polar surface area (TPSA) is 35.5 Å². The minimum Gasteiger partial charge on any atom is -0.507 e. The van der Waals surface area contributed by atoms with Crippen molar-refractivity contribution in [3.05, 3.63) is 29.3 Å². The van der Waals surface area contributed by atoms with Crippen LogP contribution in [0.15, 0.2) is 12.1 Å². The van der Waals surface area contributed by atoms with Crippen LogP contribution in [-0.2, 0) is 0 Å². The number of piperazine rings is 1. The molecule has 3 rings (SSSR count). The van der Waals surface area contributed by atoms with Crippen molar-refractivity contribution in [3.63, 3.8) is 0 Å². The van der Waals surface area contributed by atoms with Crippen LogP contribution in [0.1, 0.15) is 24.4 Å². The Morgan fingerprint density at radius 2 is 1.76 bits per heavy atom. The van der Waals surface area contributed by atoms with E-state index in [1.54, 1.807) is 0 Å². The summed E-state index contributed by atoms with van der Waals surface area (Å²) < 4.78 is 27.2. The number of hydrogen-bond acceptors (Lipinski definition) is 3. The van der Waals surface area contributed by atoms with Gasteiger partial charge in [-0.3, -0.25) is 4.90 Å². The molecule has 2 fully saturated rings. The molecule has 1 aromatic carbocycles. The molecule has 0 aromatic heterocycles. The van der Waals surface area contributed by atoms with Crippen molar-refractivity contribution in [1.82, 2.24) is 10.2 Å². The number of hydrogen-bond donors (Lipinski definition) is 2. The number of benzene rings is 1. The molecule has 0 bridgehead atoms. The van der Waals surface area contributed by atoms with E-state index < -0.39 is 11.6 Å². The molecule has 1 saturated carbocycles. The third-order valence-electron chi connectivity index (χ3n) is 3.98. The Morgan fingerprint density at radius 3 is 2.29 bits per heavy atom. The summed E-state index contributed by atoms with van der Waals surface area (Å²) in [7, 11) is 0. The van der Waals surface area contributed by atoms with Crippen molar-refractivity contribution < 1.29 is 13.9 Å². The second kappa shape index (κ2) is 7.58. The highest BCUT2D eigenvalue weighted by Gasteiger charge is 2.39. The van der Waals surface area contributed by atoms with Crippen molar-refractivity contribution in [2.45, 2.75) is 18.9 Å². The molecule has 7 heteroatoms. The average molecular weight is 341 g/mol. The molecule has 1 aromatic rings. The minimum absolute atomic E-state index is 0. The van der Waals surface area contributed by atoms with Gasteiger partial charge in [-0.15, -0.1) is 24.8 Å². The summed E-state index contributed by atoms with van der Waals surface area (Å²) in [5.41, 5.74) is 0.269. The van der Waals surface area contributed by atoms with Crippen LogP contribution >= 0.6 is 24.8 Å². The molecule has 1 aliphatic carbocycles. The van der Waals surface area contributed by atoms with E-state index in [0.717, 1.165) is 51.2 Å². The van der Waals surface area contributed by atoms with Gasteiger partial charge in [-0.2, -0.15) is 0 Å².